The number of benzene rings is 1. The number of sulfonamides is 1. The van der Waals surface area contributed by atoms with Crippen molar-refractivity contribution in [2.24, 2.45) is 0 Å². The van der Waals surface area contributed by atoms with E-state index in [-0.39, 0.29) is 18.2 Å². The number of unbranched alkanes of at least 4 members (excludes halogenated alkanes) is 1. The predicted molar refractivity (Wildman–Crippen MR) is 79.1 cm³/mol. The summed E-state index contributed by atoms with van der Waals surface area (Å²) in [4.78, 5) is 13.2. The Hall–Kier alpha value is -1.40. The number of hydrogen-bond donors (Lipinski definition) is 1. The van der Waals surface area contributed by atoms with Crippen LogP contribution in [0.15, 0.2) is 18.2 Å². The molecule has 1 aliphatic heterocycles. The first-order chi connectivity index (χ1) is 9.43. The number of rotatable bonds is 6. The van der Waals surface area contributed by atoms with E-state index >= 15 is 0 Å². The van der Waals surface area contributed by atoms with Gasteiger partial charge in [0.25, 0.3) is 0 Å². The van der Waals surface area contributed by atoms with Crippen LogP contribution in [0.2, 0.25) is 0 Å². The molecule has 20 heavy (non-hydrogen) atoms. The van der Waals surface area contributed by atoms with Crippen LogP contribution in [0, 0.1) is 0 Å². The van der Waals surface area contributed by atoms with E-state index < -0.39 is 10.0 Å². The fourth-order valence-electron chi connectivity index (χ4n) is 2.23. The number of fused-ring (bicyclic) bond motifs is 1. The first kappa shape index (κ1) is 15.0. The second-order valence-corrected chi connectivity index (χ2v) is 7.01. The first-order valence-corrected chi connectivity index (χ1v) is 8.44. The monoisotopic (exact) mass is 296 g/mol. The zero-order valence-corrected chi connectivity index (χ0v) is 12.7. The van der Waals surface area contributed by atoms with E-state index in [0.717, 1.165) is 23.2 Å². The molecule has 1 amide bonds. The molecule has 0 saturated heterocycles. The van der Waals surface area contributed by atoms with Crippen molar-refractivity contribution < 1.29 is 13.2 Å². The van der Waals surface area contributed by atoms with Crippen LogP contribution >= 0.6 is 0 Å². The molecule has 110 valence electrons. The largest absolute Gasteiger partial charge is 0.315 e. The highest BCUT2D eigenvalue weighted by Gasteiger charge is 2.23. The van der Waals surface area contributed by atoms with Gasteiger partial charge in [0.1, 0.15) is 0 Å². The Morgan fingerprint density at radius 1 is 1.35 bits per heavy atom. The highest BCUT2D eigenvalue weighted by Crippen LogP contribution is 2.28. The third-order valence-corrected chi connectivity index (χ3v) is 4.89. The molecule has 0 saturated carbocycles. The highest BCUT2D eigenvalue weighted by molar-refractivity contribution is 7.89. The molecule has 2 rings (SSSR count). The molecule has 6 heteroatoms. The smallest absolute Gasteiger partial charge is 0.231 e. The summed E-state index contributed by atoms with van der Waals surface area (Å²) in [5.74, 6) is 0.232. The van der Waals surface area contributed by atoms with Gasteiger partial charge in [0.2, 0.25) is 15.9 Å². The maximum atomic E-state index is 11.7. The molecule has 0 atom stereocenters. The Labute approximate surface area is 120 Å². The standard InChI is InChI=1S/C14H20N2O3S/c1-3-4-7-20(18,19)15-10-11-5-6-13-12(8-11)9-14(17)16(13)2/h5-6,8,15H,3-4,7,9-10H2,1-2H3. The van der Waals surface area contributed by atoms with E-state index in [0.29, 0.717) is 12.8 Å². The number of hydrogen-bond acceptors (Lipinski definition) is 3. The van der Waals surface area contributed by atoms with E-state index in [9.17, 15) is 13.2 Å². The molecule has 0 aromatic heterocycles. The summed E-state index contributed by atoms with van der Waals surface area (Å²) in [6, 6.07) is 5.63. The highest BCUT2D eigenvalue weighted by atomic mass is 32.2. The minimum atomic E-state index is -3.20. The van der Waals surface area contributed by atoms with Crippen molar-refractivity contribution in [1.82, 2.24) is 4.72 Å². The van der Waals surface area contributed by atoms with Gasteiger partial charge in [-0.2, -0.15) is 0 Å². The fraction of sp³-hybridized carbons (Fsp3) is 0.500. The van der Waals surface area contributed by atoms with Gasteiger partial charge < -0.3 is 4.90 Å². The van der Waals surface area contributed by atoms with E-state index in [1.54, 1.807) is 11.9 Å². The van der Waals surface area contributed by atoms with Gasteiger partial charge in [0, 0.05) is 19.3 Å². The summed E-state index contributed by atoms with van der Waals surface area (Å²) < 4.78 is 26.1. The molecule has 1 aromatic rings. The van der Waals surface area contributed by atoms with Crippen molar-refractivity contribution in [2.75, 3.05) is 17.7 Å². The molecule has 0 unspecified atom stereocenters. The maximum Gasteiger partial charge on any atom is 0.231 e. The molecule has 1 aliphatic rings. The third kappa shape index (κ3) is 3.37. The van der Waals surface area contributed by atoms with Crippen LogP contribution in [0.5, 0.6) is 0 Å². The fourth-order valence-corrected chi connectivity index (χ4v) is 3.43. The van der Waals surface area contributed by atoms with E-state index in [2.05, 4.69) is 4.72 Å². The number of carbonyl (C=O) groups excluding carboxylic acids is 1. The number of carbonyl (C=O) groups is 1. The number of likely N-dealkylation sites (N-methyl/N-ethyl adjacent to an activating group) is 1. The van der Waals surface area contributed by atoms with E-state index in [4.69, 9.17) is 0 Å². The summed E-state index contributed by atoms with van der Waals surface area (Å²) in [7, 11) is -1.45. The quantitative estimate of drug-likeness (QED) is 0.863. The average molecular weight is 296 g/mol. The lowest BCUT2D eigenvalue weighted by Crippen LogP contribution is -2.25. The molecule has 1 heterocycles. The number of anilines is 1. The number of amides is 1. The summed E-state index contributed by atoms with van der Waals surface area (Å²) in [6.45, 7) is 2.24. The van der Waals surface area contributed by atoms with Gasteiger partial charge in [-0.3, -0.25) is 4.79 Å². The molecule has 0 spiro atoms. The van der Waals surface area contributed by atoms with Crippen LogP contribution in [0.4, 0.5) is 5.69 Å². The second-order valence-electron chi connectivity index (χ2n) is 5.09. The summed E-state index contributed by atoms with van der Waals surface area (Å²) in [6.07, 6.45) is 1.91. The Bertz CT molecular complexity index is 611. The normalized spacial score (nSPS) is 14.7. The molecule has 0 radical (unpaired) electrons. The first-order valence-electron chi connectivity index (χ1n) is 6.78. The van der Waals surface area contributed by atoms with Crippen LogP contribution in [-0.2, 0) is 27.8 Å². The summed E-state index contributed by atoms with van der Waals surface area (Å²) in [5, 5.41) is 0. The van der Waals surface area contributed by atoms with Crippen molar-refractivity contribution in [3.63, 3.8) is 0 Å². The minimum Gasteiger partial charge on any atom is -0.315 e. The molecule has 5 nitrogen and oxygen atoms in total. The molecule has 0 fully saturated rings. The van der Waals surface area contributed by atoms with E-state index in [1.807, 2.05) is 25.1 Å². The lowest BCUT2D eigenvalue weighted by Gasteiger charge is -2.11. The molecule has 1 aromatic carbocycles. The summed E-state index contributed by atoms with van der Waals surface area (Å²) in [5.41, 5.74) is 2.75. The summed E-state index contributed by atoms with van der Waals surface area (Å²) >= 11 is 0. The SMILES string of the molecule is CCCCS(=O)(=O)NCc1ccc2c(c1)CC(=O)N2C. The van der Waals surface area contributed by atoms with Crippen molar-refractivity contribution >= 4 is 21.6 Å². The van der Waals surface area contributed by atoms with Gasteiger partial charge in [0.05, 0.1) is 12.2 Å². The zero-order chi connectivity index (χ0) is 14.8. The lowest BCUT2D eigenvalue weighted by molar-refractivity contribution is -0.117. The Balaban J connectivity index is 2.02. The topological polar surface area (TPSA) is 66.5 Å². The van der Waals surface area contributed by atoms with Gasteiger partial charge in [-0.1, -0.05) is 25.5 Å². The number of nitrogens with one attached hydrogen (secondary N) is 1. The van der Waals surface area contributed by atoms with Gasteiger partial charge >= 0.3 is 0 Å². The maximum absolute atomic E-state index is 11.7. The van der Waals surface area contributed by atoms with Crippen LogP contribution in [0.25, 0.3) is 0 Å². The third-order valence-electron chi connectivity index (χ3n) is 3.48. The van der Waals surface area contributed by atoms with Gasteiger partial charge in [-0.25, -0.2) is 13.1 Å². The average Bonchev–Trinajstić information content (AvgIpc) is 2.69. The minimum absolute atomic E-state index is 0.0701. The van der Waals surface area contributed by atoms with Crippen molar-refractivity contribution in [3.8, 4) is 0 Å². The Kier molecular flexibility index (Phi) is 4.45. The molecule has 0 bridgehead atoms. The van der Waals surface area contributed by atoms with Gasteiger partial charge in [0.15, 0.2) is 0 Å². The molecule has 1 N–H and O–H groups in total. The van der Waals surface area contributed by atoms with Crippen molar-refractivity contribution in [1.29, 1.82) is 0 Å². The van der Waals surface area contributed by atoms with Crippen molar-refractivity contribution in [3.05, 3.63) is 29.3 Å². The molecular formula is C14H20N2O3S. The Morgan fingerprint density at radius 3 is 2.80 bits per heavy atom. The van der Waals surface area contributed by atoms with Crippen LogP contribution < -0.4 is 9.62 Å². The van der Waals surface area contributed by atoms with Gasteiger partial charge in [-0.05, 0) is 23.6 Å². The zero-order valence-electron chi connectivity index (χ0n) is 11.8. The predicted octanol–water partition coefficient (Wildman–Crippen LogP) is 1.43. The second kappa shape index (κ2) is 5.93. The van der Waals surface area contributed by atoms with Gasteiger partial charge in [-0.15, -0.1) is 0 Å². The lowest BCUT2D eigenvalue weighted by atomic mass is 10.1. The van der Waals surface area contributed by atoms with E-state index in [1.165, 1.54) is 0 Å². The van der Waals surface area contributed by atoms with Crippen LogP contribution in [0.1, 0.15) is 30.9 Å². The number of nitrogens with zero attached hydrogens (tertiary/aromatic N) is 1. The molecular weight excluding hydrogens is 276 g/mol. The van der Waals surface area contributed by atoms with Crippen LogP contribution in [-0.4, -0.2) is 27.1 Å². The van der Waals surface area contributed by atoms with Crippen LogP contribution in [0.3, 0.4) is 0 Å². The Morgan fingerprint density at radius 2 is 2.10 bits per heavy atom. The van der Waals surface area contributed by atoms with Crippen molar-refractivity contribution in [2.45, 2.75) is 32.7 Å². The molecule has 0 aliphatic carbocycles.